The molecule has 2 aromatic heterocycles. The van der Waals surface area contributed by atoms with Gasteiger partial charge in [0.15, 0.2) is 15.7 Å². The summed E-state index contributed by atoms with van der Waals surface area (Å²) in [7, 11) is 0.245. The summed E-state index contributed by atoms with van der Waals surface area (Å²) in [5, 5.41) is 10.8. The second-order valence-corrected chi connectivity index (χ2v) is 14.4. The van der Waals surface area contributed by atoms with Gasteiger partial charge in [0.25, 0.3) is 0 Å². The monoisotopic (exact) mass is 601 g/mol. The summed E-state index contributed by atoms with van der Waals surface area (Å²) in [5.74, 6) is 2.35. The fourth-order valence-electron chi connectivity index (χ4n) is 5.54. The van der Waals surface area contributed by atoms with Gasteiger partial charge in [-0.3, -0.25) is 4.68 Å². The Labute approximate surface area is 247 Å². The average Bonchev–Trinajstić information content (AvgIpc) is 3.61. The Morgan fingerprint density at radius 1 is 1.15 bits per heavy atom. The molecule has 3 heterocycles. The van der Waals surface area contributed by atoms with Crippen molar-refractivity contribution >= 4 is 44.6 Å². The van der Waals surface area contributed by atoms with Crippen molar-refractivity contribution in [2.24, 2.45) is 18.9 Å². The van der Waals surface area contributed by atoms with E-state index in [1.165, 1.54) is 22.0 Å². The summed E-state index contributed by atoms with van der Waals surface area (Å²) in [5.41, 5.74) is 3.62. The number of aromatic nitrogens is 4. The van der Waals surface area contributed by atoms with E-state index in [4.69, 9.17) is 16.3 Å². The van der Waals surface area contributed by atoms with E-state index in [0.29, 0.717) is 23.5 Å². The highest BCUT2D eigenvalue weighted by Crippen LogP contribution is 2.41. The normalized spacial score (nSPS) is 19.9. The molecule has 10 nitrogen and oxygen atoms in total. The Bertz CT molecular complexity index is 1520. The second-order valence-electron chi connectivity index (χ2n) is 12.0. The Morgan fingerprint density at radius 3 is 2.59 bits per heavy atom. The average molecular weight is 602 g/mol. The van der Waals surface area contributed by atoms with Gasteiger partial charge in [-0.15, -0.1) is 0 Å². The number of ether oxygens (including phenoxy) is 1. The Kier molecular flexibility index (Phi) is 8.50. The van der Waals surface area contributed by atoms with Gasteiger partial charge in [-0.25, -0.2) is 13.4 Å². The van der Waals surface area contributed by atoms with Crippen LogP contribution in [-0.2, 0) is 16.9 Å². The number of sulfone groups is 1. The highest BCUT2D eigenvalue weighted by Gasteiger charge is 2.30. The van der Waals surface area contributed by atoms with E-state index in [1.807, 2.05) is 13.8 Å². The molecule has 0 spiro atoms. The van der Waals surface area contributed by atoms with E-state index >= 15 is 0 Å². The summed E-state index contributed by atoms with van der Waals surface area (Å²) in [6.45, 7) is 10.3. The Balaban J connectivity index is 1.43. The predicted molar refractivity (Wildman–Crippen MR) is 163 cm³/mol. The van der Waals surface area contributed by atoms with Crippen LogP contribution in [0.3, 0.4) is 0 Å². The lowest BCUT2D eigenvalue weighted by Gasteiger charge is -2.36. The van der Waals surface area contributed by atoms with Crippen molar-refractivity contribution in [2.75, 3.05) is 36.5 Å². The van der Waals surface area contributed by atoms with Crippen LogP contribution in [-0.4, -0.2) is 65.1 Å². The number of benzene rings is 1. The molecular weight excluding hydrogens is 562 g/mol. The van der Waals surface area contributed by atoms with Crippen molar-refractivity contribution < 1.29 is 13.2 Å². The van der Waals surface area contributed by atoms with Gasteiger partial charge < -0.3 is 20.3 Å². The van der Waals surface area contributed by atoms with Gasteiger partial charge in [0.05, 0.1) is 29.4 Å². The minimum atomic E-state index is -3.61. The van der Waals surface area contributed by atoms with Gasteiger partial charge in [0.1, 0.15) is 10.8 Å². The van der Waals surface area contributed by atoms with Crippen LogP contribution < -0.4 is 15.4 Å². The third-order valence-corrected chi connectivity index (χ3v) is 9.85. The number of nitrogens with one attached hydrogen (secondary N) is 2. The molecule has 1 aromatic carbocycles. The molecule has 3 aromatic rings. The zero-order valence-corrected chi connectivity index (χ0v) is 26.2. The maximum Gasteiger partial charge on any atom is 0.229 e. The van der Waals surface area contributed by atoms with Crippen LogP contribution in [0.15, 0.2) is 29.6 Å². The first-order valence-corrected chi connectivity index (χ1v) is 16.3. The molecule has 0 amide bonds. The summed E-state index contributed by atoms with van der Waals surface area (Å²) in [4.78, 5) is 11.4. The molecule has 41 heavy (non-hydrogen) atoms. The first-order valence-electron chi connectivity index (χ1n) is 14.2. The number of hydrogen-bond acceptors (Lipinski definition) is 9. The summed E-state index contributed by atoms with van der Waals surface area (Å²) in [6.07, 6.45) is 6.53. The smallest absolute Gasteiger partial charge is 0.229 e. The lowest BCUT2D eigenvalue weighted by Crippen LogP contribution is -2.35. The summed E-state index contributed by atoms with van der Waals surface area (Å²) in [6, 6.07) is 4.31. The number of nitrogens with zero attached hydrogens (tertiary/aromatic N) is 5. The zero-order valence-electron chi connectivity index (χ0n) is 24.6. The number of aryl methyl sites for hydroxylation is 2. The van der Waals surface area contributed by atoms with Crippen molar-refractivity contribution in [1.29, 1.82) is 0 Å². The third kappa shape index (κ3) is 6.95. The lowest BCUT2D eigenvalue weighted by atomic mass is 9.80. The standard InChI is InChI=1S/C29H40ClN7O3S/c1-17(2)16-41(38,39)28-25(15-37(6)35-28)32-27-23(30)13-31-29(34-27)33-24-11-18(3)22(12-26(24)40-20-7-8-20)21-9-10-36(5)14-19(21)4/h11-13,15,17,19-21H,7-10,14,16H2,1-6H3,(H2,31,32,33,34). The van der Waals surface area contributed by atoms with Gasteiger partial charge in [-0.1, -0.05) is 32.4 Å². The molecule has 0 radical (unpaired) electrons. The Hall–Kier alpha value is -2.89. The fraction of sp³-hybridized carbons (Fsp3) is 0.552. The van der Waals surface area contributed by atoms with Crippen LogP contribution in [0.4, 0.5) is 23.1 Å². The second kappa shape index (κ2) is 11.8. The predicted octanol–water partition coefficient (Wildman–Crippen LogP) is 5.69. The number of hydrogen-bond donors (Lipinski definition) is 2. The van der Waals surface area contributed by atoms with Crippen LogP contribution in [0.1, 0.15) is 57.1 Å². The number of likely N-dealkylation sites (tertiary alicyclic amines) is 1. The summed E-state index contributed by atoms with van der Waals surface area (Å²) < 4.78 is 33.8. The van der Waals surface area contributed by atoms with Crippen molar-refractivity contribution in [2.45, 2.75) is 64.0 Å². The van der Waals surface area contributed by atoms with Gasteiger partial charge in [-0.2, -0.15) is 10.1 Å². The van der Waals surface area contributed by atoms with E-state index in [0.717, 1.165) is 43.8 Å². The molecule has 0 bridgehead atoms. The molecular formula is C29H40ClN7O3S. The van der Waals surface area contributed by atoms with Gasteiger partial charge in [0.2, 0.25) is 11.0 Å². The molecule has 1 saturated heterocycles. The molecule has 2 atom stereocenters. The SMILES string of the molecule is Cc1cc(Nc2ncc(Cl)c(Nc3cn(C)nc3S(=O)(=O)CC(C)C)n2)c(OC2CC2)cc1C1CCN(C)CC1C. The Morgan fingerprint density at radius 2 is 1.90 bits per heavy atom. The lowest BCUT2D eigenvalue weighted by molar-refractivity contribution is 0.195. The van der Waals surface area contributed by atoms with Crippen LogP contribution in [0.2, 0.25) is 5.02 Å². The number of piperidine rings is 1. The number of anilines is 4. The molecule has 5 rings (SSSR count). The molecule has 2 fully saturated rings. The van der Waals surface area contributed by atoms with Crippen LogP contribution >= 0.6 is 11.6 Å². The third-order valence-electron chi connectivity index (χ3n) is 7.58. The molecule has 2 aliphatic rings. The molecule has 2 N–H and O–H groups in total. The van der Waals surface area contributed by atoms with Gasteiger partial charge in [-0.05, 0) is 80.8 Å². The zero-order chi connectivity index (χ0) is 29.5. The molecule has 1 saturated carbocycles. The summed E-state index contributed by atoms with van der Waals surface area (Å²) >= 11 is 6.45. The highest BCUT2D eigenvalue weighted by molar-refractivity contribution is 7.91. The van der Waals surface area contributed by atoms with Crippen molar-refractivity contribution in [3.05, 3.63) is 40.7 Å². The van der Waals surface area contributed by atoms with Gasteiger partial charge >= 0.3 is 0 Å². The van der Waals surface area contributed by atoms with Crippen LogP contribution in [0, 0.1) is 18.8 Å². The van der Waals surface area contributed by atoms with Crippen LogP contribution in [0.25, 0.3) is 0 Å². The maximum absolute atomic E-state index is 13.0. The molecule has 2 unspecified atom stereocenters. The van der Waals surface area contributed by atoms with Crippen LogP contribution in [0.5, 0.6) is 5.75 Å². The maximum atomic E-state index is 13.0. The minimum absolute atomic E-state index is 0.0154. The first-order chi connectivity index (χ1) is 19.4. The van der Waals surface area contributed by atoms with E-state index in [9.17, 15) is 8.42 Å². The van der Waals surface area contributed by atoms with E-state index < -0.39 is 9.84 Å². The molecule has 222 valence electrons. The van der Waals surface area contributed by atoms with Crippen molar-refractivity contribution in [3.8, 4) is 5.75 Å². The molecule has 1 aliphatic heterocycles. The number of halogens is 1. The molecule has 1 aliphatic carbocycles. The topological polar surface area (TPSA) is 114 Å². The largest absolute Gasteiger partial charge is 0.488 e. The van der Waals surface area contributed by atoms with E-state index in [-0.39, 0.29) is 33.6 Å². The first kappa shape index (κ1) is 29.6. The highest BCUT2D eigenvalue weighted by atomic mass is 35.5. The van der Waals surface area contributed by atoms with Gasteiger partial charge in [0, 0.05) is 19.8 Å². The van der Waals surface area contributed by atoms with E-state index in [1.54, 1.807) is 13.2 Å². The van der Waals surface area contributed by atoms with E-state index in [2.05, 4.69) is 63.6 Å². The quantitative estimate of drug-likeness (QED) is 0.303. The van der Waals surface area contributed by atoms with Crippen molar-refractivity contribution in [1.82, 2.24) is 24.6 Å². The minimum Gasteiger partial charge on any atom is -0.488 e. The van der Waals surface area contributed by atoms with Crippen molar-refractivity contribution in [3.63, 3.8) is 0 Å². The molecule has 12 heteroatoms. The number of rotatable bonds is 10. The fourth-order valence-corrected chi connectivity index (χ4v) is 7.41.